The summed E-state index contributed by atoms with van der Waals surface area (Å²) in [5.41, 5.74) is 2.02. The van der Waals surface area contributed by atoms with Gasteiger partial charge < -0.3 is 5.32 Å². The minimum absolute atomic E-state index is 0.144. The Morgan fingerprint density at radius 2 is 1.53 bits per heavy atom. The summed E-state index contributed by atoms with van der Waals surface area (Å²) in [4.78, 5) is 0. The number of nitrogens with one attached hydrogen (secondary N) is 1. The molecule has 0 radical (unpaired) electrons. The van der Waals surface area contributed by atoms with E-state index >= 15 is 0 Å². The van der Waals surface area contributed by atoms with Crippen molar-refractivity contribution < 1.29 is 4.39 Å². The topological polar surface area (TPSA) is 12.0 Å². The fraction of sp³-hybridized carbons (Fsp3) is 0.143. The molecule has 0 unspecified atom stereocenters. The summed E-state index contributed by atoms with van der Waals surface area (Å²) >= 11 is 15.1. The van der Waals surface area contributed by atoms with Crippen molar-refractivity contribution in [1.29, 1.82) is 0 Å². The van der Waals surface area contributed by atoms with E-state index in [9.17, 15) is 4.39 Å². The maximum absolute atomic E-state index is 13.0. The number of hydrogen-bond acceptors (Lipinski definition) is 1. The summed E-state index contributed by atoms with van der Waals surface area (Å²) in [5, 5.41) is 4.09. The first-order valence-electron chi connectivity index (χ1n) is 5.65. The van der Waals surface area contributed by atoms with Crippen LogP contribution < -0.4 is 5.32 Å². The molecule has 0 aliphatic rings. The van der Waals surface area contributed by atoms with Gasteiger partial charge in [-0.15, -0.1) is 0 Å². The smallest absolute Gasteiger partial charge is 0.141 e. The fourth-order valence-electron chi connectivity index (χ4n) is 1.65. The SMILES string of the molecule is Fc1ccc(CNCc2ccc(Br)c(Cl)c2)cc1Cl. The van der Waals surface area contributed by atoms with Crippen molar-refractivity contribution in [3.8, 4) is 0 Å². The molecule has 0 bridgehead atoms. The van der Waals surface area contributed by atoms with Crippen LogP contribution in [0.1, 0.15) is 11.1 Å². The van der Waals surface area contributed by atoms with Gasteiger partial charge in [0.1, 0.15) is 5.82 Å². The first kappa shape index (κ1) is 14.8. The molecule has 0 fully saturated rings. The Bertz CT molecular complexity index is 538. The van der Waals surface area contributed by atoms with Crippen LogP contribution in [0, 0.1) is 5.82 Å². The standard InChI is InChI=1S/C14H11BrCl2FN/c15-11-3-1-9(5-12(11)16)7-19-8-10-2-4-14(18)13(17)6-10/h1-6,19H,7-8H2. The largest absolute Gasteiger partial charge is 0.309 e. The molecule has 0 saturated carbocycles. The zero-order valence-electron chi connectivity index (χ0n) is 9.89. The van der Waals surface area contributed by atoms with Crippen molar-refractivity contribution in [2.24, 2.45) is 0 Å². The molecule has 0 saturated heterocycles. The Morgan fingerprint density at radius 1 is 0.947 bits per heavy atom. The summed E-state index contributed by atoms with van der Waals surface area (Å²) in [5.74, 6) is -0.398. The average molecular weight is 363 g/mol. The van der Waals surface area contributed by atoms with Gasteiger partial charge in [-0.05, 0) is 51.3 Å². The molecular weight excluding hydrogens is 352 g/mol. The molecule has 1 N–H and O–H groups in total. The van der Waals surface area contributed by atoms with E-state index in [-0.39, 0.29) is 5.02 Å². The predicted molar refractivity (Wildman–Crippen MR) is 81.1 cm³/mol. The molecule has 0 aromatic heterocycles. The summed E-state index contributed by atoms with van der Waals surface area (Å²) in [7, 11) is 0. The monoisotopic (exact) mass is 361 g/mol. The molecule has 19 heavy (non-hydrogen) atoms. The van der Waals surface area contributed by atoms with Gasteiger partial charge in [-0.2, -0.15) is 0 Å². The third-order valence-corrected chi connectivity index (χ3v) is 4.15. The summed E-state index contributed by atoms with van der Waals surface area (Å²) in [6.07, 6.45) is 0. The fourth-order valence-corrected chi connectivity index (χ4v) is 2.30. The van der Waals surface area contributed by atoms with Gasteiger partial charge in [0.25, 0.3) is 0 Å². The molecule has 0 aliphatic heterocycles. The van der Waals surface area contributed by atoms with E-state index in [1.807, 2.05) is 18.2 Å². The molecular formula is C14H11BrCl2FN. The quantitative estimate of drug-likeness (QED) is 0.789. The molecule has 0 spiro atoms. The highest BCUT2D eigenvalue weighted by Crippen LogP contribution is 2.23. The summed E-state index contributed by atoms with van der Waals surface area (Å²) in [6.45, 7) is 1.30. The Balaban J connectivity index is 1.92. The molecule has 1 nitrogen and oxygen atoms in total. The molecule has 2 aromatic carbocycles. The van der Waals surface area contributed by atoms with Gasteiger partial charge in [-0.25, -0.2) is 4.39 Å². The second kappa shape index (κ2) is 6.71. The maximum atomic E-state index is 13.0. The van der Waals surface area contributed by atoms with Crippen LogP contribution >= 0.6 is 39.1 Å². The average Bonchev–Trinajstić information content (AvgIpc) is 2.38. The normalized spacial score (nSPS) is 10.7. The van der Waals surface area contributed by atoms with Gasteiger partial charge in [0.05, 0.1) is 10.0 Å². The van der Waals surface area contributed by atoms with Crippen LogP contribution in [0.5, 0.6) is 0 Å². The molecule has 2 aromatic rings. The number of rotatable bonds is 4. The van der Waals surface area contributed by atoms with Gasteiger partial charge >= 0.3 is 0 Å². The predicted octanol–water partition coefficient (Wildman–Crippen LogP) is 5.18. The van der Waals surface area contributed by atoms with Crippen molar-refractivity contribution >= 4 is 39.1 Å². The molecule has 100 valence electrons. The van der Waals surface area contributed by atoms with E-state index in [0.29, 0.717) is 18.1 Å². The highest BCUT2D eigenvalue weighted by molar-refractivity contribution is 9.10. The van der Waals surface area contributed by atoms with Crippen LogP contribution in [-0.2, 0) is 13.1 Å². The van der Waals surface area contributed by atoms with E-state index < -0.39 is 5.82 Å². The molecule has 2 rings (SSSR count). The first-order valence-corrected chi connectivity index (χ1v) is 7.20. The lowest BCUT2D eigenvalue weighted by Crippen LogP contribution is -2.12. The van der Waals surface area contributed by atoms with Crippen molar-refractivity contribution in [2.75, 3.05) is 0 Å². The number of hydrogen-bond donors (Lipinski definition) is 1. The zero-order chi connectivity index (χ0) is 13.8. The van der Waals surface area contributed by atoms with Crippen molar-refractivity contribution in [3.63, 3.8) is 0 Å². The molecule has 0 aliphatic carbocycles. The van der Waals surface area contributed by atoms with Crippen LogP contribution in [0.15, 0.2) is 40.9 Å². The highest BCUT2D eigenvalue weighted by atomic mass is 79.9. The van der Waals surface area contributed by atoms with Gasteiger partial charge in [0.2, 0.25) is 0 Å². The number of benzene rings is 2. The molecule has 0 atom stereocenters. The van der Waals surface area contributed by atoms with E-state index in [0.717, 1.165) is 15.6 Å². The zero-order valence-corrected chi connectivity index (χ0v) is 13.0. The Morgan fingerprint density at radius 3 is 2.11 bits per heavy atom. The lowest BCUT2D eigenvalue weighted by atomic mass is 10.2. The van der Waals surface area contributed by atoms with Crippen LogP contribution in [0.25, 0.3) is 0 Å². The van der Waals surface area contributed by atoms with Gasteiger partial charge in [0, 0.05) is 17.6 Å². The van der Waals surface area contributed by atoms with Gasteiger partial charge in [-0.1, -0.05) is 35.3 Å². The number of halogens is 4. The highest BCUT2D eigenvalue weighted by Gasteiger charge is 2.02. The third kappa shape index (κ3) is 4.18. The summed E-state index contributed by atoms with van der Waals surface area (Å²) < 4.78 is 13.9. The Labute approximate surface area is 129 Å². The van der Waals surface area contributed by atoms with Gasteiger partial charge in [0.15, 0.2) is 0 Å². The second-order valence-corrected chi connectivity index (χ2v) is 5.77. The third-order valence-electron chi connectivity index (χ3n) is 2.63. The minimum atomic E-state index is -0.398. The Hall–Kier alpha value is -0.610. The van der Waals surface area contributed by atoms with E-state index in [1.54, 1.807) is 12.1 Å². The molecule has 5 heteroatoms. The van der Waals surface area contributed by atoms with Crippen LogP contribution in [0.3, 0.4) is 0 Å². The molecule has 0 heterocycles. The minimum Gasteiger partial charge on any atom is -0.309 e. The lowest BCUT2D eigenvalue weighted by molar-refractivity contribution is 0.625. The second-order valence-electron chi connectivity index (χ2n) is 4.10. The van der Waals surface area contributed by atoms with E-state index in [4.69, 9.17) is 23.2 Å². The first-order chi connectivity index (χ1) is 9.06. The van der Waals surface area contributed by atoms with Gasteiger partial charge in [-0.3, -0.25) is 0 Å². The van der Waals surface area contributed by atoms with E-state index in [1.165, 1.54) is 6.07 Å². The van der Waals surface area contributed by atoms with Crippen LogP contribution in [0.2, 0.25) is 10.0 Å². The van der Waals surface area contributed by atoms with Crippen molar-refractivity contribution in [1.82, 2.24) is 5.32 Å². The Kier molecular flexibility index (Phi) is 5.22. The van der Waals surface area contributed by atoms with E-state index in [2.05, 4.69) is 21.2 Å². The van der Waals surface area contributed by atoms with Crippen LogP contribution in [-0.4, -0.2) is 0 Å². The van der Waals surface area contributed by atoms with Crippen molar-refractivity contribution in [2.45, 2.75) is 13.1 Å². The van der Waals surface area contributed by atoms with Crippen molar-refractivity contribution in [3.05, 3.63) is 67.9 Å². The van der Waals surface area contributed by atoms with Crippen LogP contribution in [0.4, 0.5) is 4.39 Å². The summed E-state index contributed by atoms with van der Waals surface area (Å²) in [6, 6.07) is 10.5. The maximum Gasteiger partial charge on any atom is 0.141 e. The molecule has 0 amide bonds. The lowest BCUT2D eigenvalue weighted by Gasteiger charge is -2.07.